The largest absolute Gasteiger partial charge is 0.398 e. The summed E-state index contributed by atoms with van der Waals surface area (Å²) in [6, 6.07) is 5.47. The van der Waals surface area contributed by atoms with Crippen LogP contribution in [0.1, 0.15) is 18.9 Å². The number of hydrogen-bond acceptors (Lipinski definition) is 4. The number of aliphatic hydroxyl groups is 1. The van der Waals surface area contributed by atoms with Crippen molar-refractivity contribution in [1.82, 2.24) is 4.90 Å². The summed E-state index contributed by atoms with van der Waals surface area (Å²) >= 11 is 0. The quantitative estimate of drug-likeness (QED) is 0.648. The number of rotatable bonds is 7. The van der Waals surface area contributed by atoms with Crippen LogP contribution >= 0.6 is 0 Å². The molecule has 0 fully saturated rings. The van der Waals surface area contributed by atoms with Gasteiger partial charge in [0.25, 0.3) is 0 Å². The number of nitrogens with zero attached hydrogens (tertiary/aromatic N) is 1. The molecular weight excluding hydrogens is 242 g/mol. The third kappa shape index (κ3) is 4.89. The van der Waals surface area contributed by atoms with Gasteiger partial charge in [-0.25, -0.2) is 0 Å². The Labute approximate surface area is 114 Å². The van der Waals surface area contributed by atoms with Gasteiger partial charge in [0.15, 0.2) is 0 Å². The zero-order chi connectivity index (χ0) is 14.3. The lowest BCUT2D eigenvalue weighted by Gasteiger charge is -2.19. The molecule has 0 unspecified atom stereocenters. The van der Waals surface area contributed by atoms with E-state index in [9.17, 15) is 4.79 Å². The first-order valence-electron chi connectivity index (χ1n) is 6.56. The number of carbonyl (C=O) groups is 1. The fourth-order valence-corrected chi connectivity index (χ4v) is 1.83. The van der Waals surface area contributed by atoms with Crippen molar-refractivity contribution in [3.63, 3.8) is 0 Å². The fraction of sp³-hybridized carbons (Fsp3) is 0.500. The zero-order valence-electron chi connectivity index (χ0n) is 11.6. The second kappa shape index (κ2) is 7.76. The molecule has 5 heteroatoms. The number of aliphatic hydroxyl groups excluding tert-OH is 1. The maximum atomic E-state index is 12.0. The highest BCUT2D eigenvalue weighted by Crippen LogP contribution is 2.20. The molecule has 4 N–H and O–H groups in total. The highest BCUT2D eigenvalue weighted by Gasteiger charge is 2.10. The molecule has 1 aromatic carbocycles. The Morgan fingerprint density at radius 1 is 1.47 bits per heavy atom. The fourth-order valence-electron chi connectivity index (χ4n) is 1.83. The first-order chi connectivity index (χ1) is 9.08. The molecule has 0 bridgehead atoms. The van der Waals surface area contributed by atoms with Gasteiger partial charge in [0, 0.05) is 24.5 Å². The van der Waals surface area contributed by atoms with E-state index in [0.717, 1.165) is 24.3 Å². The minimum Gasteiger partial charge on any atom is -0.398 e. The van der Waals surface area contributed by atoms with Crippen LogP contribution in [0.4, 0.5) is 11.4 Å². The van der Waals surface area contributed by atoms with Crippen molar-refractivity contribution in [2.24, 2.45) is 0 Å². The Morgan fingerprint density at radius 3 is 2.84 bits per heavy atom. The molecule has 0 radical (unpaired) electrons. The SMILES string of the molecule is CCN(CCCO)CC(=O)Nc1cccc(N)c1C. The average Bonchev–Trinajstić information content (AvgIpc) is 2.40. The van der Waals surface area contributed by atoms with Crippen LogP contribution in [0.2, 0.25) is 0 Å². The van der Waals surface area contributed by atoms with Crippen molar-refractivity contribution >= 4 is 17.3 Å². The van der Waals surface area contributed by atoms with Crippen molar-refractivity contribution in [2.75, 3.05) is 37.3 Å². The summed E-state index contributed by atoms with van der Waals surface area (Å²) in [5, 5.41) is 11.7. The van der Waals surface area contributed by atoms with Crippen molar-refractivity contribution in [2.45, 2.75) is 20.3 Å². The van der Waals surface area contributed by atoms with Crippen LogP contribution in [0.15, 0.2) is 18.2 Å². The molecule has 1 aromatic rings. The van der Waals surface area contributed by atoms with Crippen LogP contribution in [0, 0.1) is 6.92 Å². The van der Waals surface area contributed by atoms with Gasteiger partial charge < -0.3 is 16.2 Å². The van der Waals surface area contributed by atoms with Gasteiger partial charge >= 0.3 is 0 Å². The number of nitrogens with two attached hydrogens (primary N) is 1. The number of hydrogen-bond donors (Lipinski definition) is 3. The van der Waals surface area contributed by atoms with E-state index in [1.807, 2.05) is 36.9 Å². The molecule has 0 heterocycles. The molecule has 1 rings (SSSR count). The minimum absolute atomic E-state index is 0.0616. The second-order valence-corrected chi connectivity index (χ2v) is 4.51. The maximum Gasteiger partial charge on any atom is 0.238 e. The predicted octanol–water partition coefficient (Wildman–Crippen LogP) is 1.22. The van der Waals surface area contributed by atoms with Crippen LogP contribution in [0.3, 0.4) is 0 Å². The first kappa shape index (κ1) is 15.5. The van der Waals surface area contributed by atoms with Gasteiger partial charge in [-0.15, -0.1) is 0 Å². The standard InChI is InChI=1S/C14H23N3O2/c1-3-17(8-5-9-18)10-14(19)16-13-7-4-6-12(15)11(13)2/h4,6-7,18H,3,5,8-10,15H2,1-2H3,(H,16,19). The van der Waals surface area contributed by atoms with E-state index in [4.69, 9.17) is 10.8 Å². The van der Waals surface area contributed by atoms with Crippen molar-refractivity contribution in [3.8, 4) is 0 Å². The lowest BCUT2D eigenvalue weighted by Crippen LogP contribution is -2.34. The van der Waals surface area contributed by atoms with Crippen molar-refractivity contribution < 1.29 is 9.90 Å². The zero-order valence-corrected chi connectivity index (χ0v) is 11.6. The van der Waals surface area contributed by atoms with E-state index >= 15 is 0 Å². The van der Waals surface area contributed by atoms with E-state index in [1.54, 1.807) is 0 Å². The summed E-state index contributed by atoms with van der Waals surface area (Å²) in [4.78, 5) is 13.9. The Hall–Kier alpha value is -1.59. The monoisotopic (exact) mass is 265 g/mol. The number of benzene rings is 1. The molecule has 0 atom stereocenters. The van der Waals surface area contributed by atoms with Crippen LogP contribution < -0.4 is 11.1 Å². The number of nitrogen functional groups attached to an aromatic ring is 1. The third-order valence-electron chi connectivity index (χ3n) is 3.10. The minimum atomic E-state index is -0.0616. The van der Waals surface area contributed by atoms with Gasteiger partial charge in [-0.2, -0.15) is 0 Å². The third-order valence-corrected chi connectivity index (χ3v) is 3.10. The van der Waals surface area contributed by atoms with Crippen LogP contribution in [-0.4, -0.2) is 42.2 Å². The van der Waals surface area contributed by atoms with Gasteiger partial charge in [0.2, 0.25) is 5.91 Å². The Kier molecular flexibility index (Phi) is 6.32. The normalized spacial score (nSPS) is 10.7. The molecule has 0 aliphatic heterocycles. The second-order valence-electron chi connectivity index (χ2n) is 4.51. The van der Waals surface area contributed by atoms with Gasteiger partial charge in [0.05, 0.1) is 6.54 Å². The molecular formula is C14H23N3O2. The number of likely N-dealkylation sites (N-methyl/N-ethyl adjacent to an activating group) is 1. The molecule has 5 nitrogen and oxygen atoms in total. The van der Waals surface area contributed by atoms with E-state index in [0.29, 0.717) is 18.7 Å². The molecule has 0 aliphatic rings. The van der Waals surface area contributed by atoms with Gasteiger partial charge in [-0.3, -0.25) is 9.69 Å². The van der Waals surface area contributed by atoms with Gasteiger partial charge in [-0.1, -0.05) is 13.0 Å². The van der Waals surface area contributed by atoms with Crippen LogP contribution in [-0.2, 0) is 4.79 Å². The smallest absolute Gasteiger partial charge is 0.238 e. The average molecular weight is 265 g/mol. The van der Waals surface area contributed by atoms with Crippen molar-refractivity contribution in [3.05, 3.63) is 23.8 Å². The van der Waals surface area contributed by atoms with E-state index in [1.165, 1.54) is 0 Å². The maximum absolute atomic E-state index is 12.0. The number of anilines is 2. The number of carbonyl (C=O) groups excluding carboxylic acids is 1. The van der Waals surface area contributed by atoms with E-state index in [2.05, 4.69) is 5.32 Å². The lowest BCUT2D eigenvalue weighted by molar-refractivity contribution is -0.117. The highest BCUT2D eigenvalue weighted by molar-refractivity contribution is 5.93. The molecule has 0 spiro atoms. The van der Waals surface area contributed by atoms with Gasteiger partial charge in [-0.05, 0) is 37.6 Å². The summed E-state index contributed by atoms with van der Waals surface area (Å²) in [5.41, 5.74) is 8.11. The molecule has 0 aliphatic carbocycles. The number of nitrogens with one attached hydrogen (secondary N) is 1. The van der Waals surface area contributed by atoms with E-state index < -0.39 is 0 Å². The molecule has 0 saturated heterocycles. The molecule has 106 valence electrons. The highest BCUT2D eigenvalue weighted by atomic mass is 16.3. The summed E-state index contributed by atoms with van der Waals surface area (Å²) in [6.45, 7) is 5.85. The van der Waals surface area contributed by atoms with Crippen LogP contribution in [0.5, 0.6) is 0 Å². The van der Waals surface area contributed by atoms with Crippen LogP contribution in [0.25, 0.3) is 0 Å². The Morgan fingerprint density at radius 2 is 2.21 bits per heavy atom. The summed E-state index contributed by atoms with van der Waals surface area (Å²) < 4.78 is 0. The number of amides is 1. The van der Waals surface area contributed by atoms with Gasteiger partial charge in [0.1, 0.15) is 0 Å². The first-order valence-corrected chi connectivity index (χ1v) is 6.56. The lowest BCUT2D eigenvalue weighted by atomic mass is 10.1. The Bertz CT molecular complexity index is 421. The predicted molar refractivity (Wildman–Crippen MR) is 78.0 cm³/mol. The summed E-state index contributed by atoms with van der Waals surface area (Å²) in [5.74, 6) is -0.0616. The summed E-state index contributed by atoms with van der Waals surface area (Å²) in [7, 11) is 0. The molecule has 0 saturated carbocycles. The Balaban J connectivity index is 2.56. The topological polar surface area (TPSA) is 78.6 Å². The van der Waals surface area contributed by atoms with E-state index in [-0.39, 0.29) is 12.5 Å². The molecule has 19 heavy (non-hydrogen) atoms. The molecule has 0 aromatic heterocycles. The summed E-state index contributed by atoms with van der Waals surface area (Å²) in [6.07, 6.45) is 0.679. The molecule has 1 amide bonds. The van der Waals surface area contributed by atoms with Crippen molar-refractivity contribution in [1.29, 1.82) is 0 Å².